The molecule has 2 N–H and O–H groups in total. The number of nitrogens with zero attached hydrogens (tertiary/aromatic N) is 1. The number of nitrogens with two attached hydrogens (primary N) is 1. The van der Waals surface area contributed by atoms with Crippen molar-refractivity contribution in [1.29, 1.82) is 0 Å². The van der Waals surface area contributed by atoms with Crippen molar-refractivity contribution in [2.24, 2.45) is 11.7 Å². The highest BCUT2D eigenvalue weighted by molar-refractivity contribution is 6.31. The molecular formula is C12H18Cl2N2O. The molecule has 0 aliphatic rings. The zero-order valence-electron chi connectivity index (χ0n) is 10.0. The van der Waals surface area contributed by atoms with Gasteiger partial charge >= 0.3 is 0 Å². The Labute approximate surface area is 113 Å². The van der Waals surface area contributed by atoms with Crippen LogP contribution in [-0.2, 0) is 11.3 Å². The summed E-state index contributed by atoms with van der Waals surface area (Å²) in [5, 5.41) is 0.683. The third kappa shape index (κ3) is 4.54. The minimum atomic E-state index is -0.146. The van der Waals surface area contributed by atoms with Crippen LogP contribution in [-0.4, -0.2) is 24.4 Å². The third-order valence-electron chi connectivity index (χ3n) is 2.52. The van der Waals surface area contributed by atoms with E-state index >= 15 is 0 Å². The molecular weight excluding hydrogens is 259 g/mol. The van der Waals surface area contributed by atoms with Gasteiger partial charge in [0, 0.05) is 31.1 Å². The van der Waals surface area contributed by atoms with Gasteiger partial charge < -0.3 is 10.6 Å². The number of hydrogen-bond donors (Lipinski definition) is 1. The van der Waals surface area contributed by atoms with Crippen LogP contribution < -0.4 is 5.73 Å². The number of amides is 1. The second kappa shape index (κ2) is 7.54. The van der Waals surface area contributed by atoms with Gasteiger partial charge in [-0.2, -0.15) is 0 Å². The van der Waals surface area contributed by atoms with Gasteiger partial charge in [0.2, 0.25) is 5.91 Å². The van der Waals surface area contributed by atoms with E-state index in [0.29, 0.717) is 18.1 Å². The van der Waals surface area contributed by atoms with Crippen LogP contribution in [0.4, 0.5) is 0 Å². The van der Waals surface area contributed by atoms with Crippen LogP contribution in [0, 0.1) is 5.92 Å². The molecule has 17 heavy (non-hydrogen) atoms. The van der Waals surface area contributed by atoms with E-state index < -0.39 is 0 Å². The molecule has 0 saturated heterocycles. The zero-order valence-corrected chi connectivity index (χ0v) is 11.6. The number of carbonyl (C=O) groups excluding carboxylic acids is 1. The number of halogens is 2. The lowest BCUT2D eigenvalue weighted by molar-refractivity contribution is -0.133. The molecule has 1 amide bonds. The minimum Gasteiger partial charge on any atom is -0.341 e. The van der Waals surface area contributed by atoms with Crippen molar-refractivity contribution in [2.75, 3.05) is 13.6 Å². The molecule has 1 atom stereocenters. The van der Waals surface area contributed by atoms with Gasteiger partial charge in [0.1, 0.15) is 0 Å². The van der Waals surface area contributed by atoms with Crippen molar-refractivity contribution in [1.82, 2.24) is 4.90 Å². The summed E-state index contributed by atoms with van der Waals surface area (Å²) in [6, 6.07) is 7.52. The Balaban J connectivity index is 0.00000256. The van der Waals surface area contributed by atoms with E-state index in [-0.39, 0.29) is 24.2 Å². The van der Waals surface area contributed by atoms with Crippen molar-refractivity contribution < 1.29 is 4.79 Å². The fourth-order valence-corrected chi connectivity index (χ4v) is 1.63. The number of rotatable bonds is 4. The lowest BCUT2D eigenvalue weighted by Gasteiger charge is -2.21. The van der Waals surface area contributed by atoms with Crippen molar-refractivity contribution >= 4 is 29.9 Å². The fourth-order valence-electron chi connectivity index (χ4n) is 1.44. The first-order valence-corrected chi connectivity index (χ1v) is 5.62. The average molecular weight is 277 g/mol. The first-order valence-electron chi connectivity index (χ1n) is 5.24. The van der Waals surface area contributed by atoms with Crippen LogP contribution in [0.15, 0.2) is 24.3 Å². The predicted octanol–water partition coefficient (Wildman–Crippen LogP) is 2.32. The monoisotopic (exact) mass is 276 g/mol. The molecule has 0 spiro atoms. The smallest absolute Gasteiger partial charge is 0.226 e. The van der Waals surface area contributed by atoms with Gasteiger partial charge in [0.15, 0.2) is 0 Å². The summed E-state index contributed by atoms with van der Waals surface area (Å²) in [6.45, 7) is 2.71. The van der Waals surface area contributed by atoms with Crippen LogP contribution in [0.2, 0.25) is 5.02 Å². The average Bonchev–Trinajstić information content (AvgIpc) is 2.30. The highest BCUT2D eigenvalue weighted by Crippen LogP contribution is 2.17. The van der Waals surface area contributed by atoms with Crippen molar-refractivity contribution in [3.05, 3.63) is 34.9 Å². The Kier molecular flexibility index (Phi) is 7.19. The quantitative estimate of drug-likeness (QED) is 0.918. The summed E-state index contributed by atoms with van der Waals surface area (Å²) in [7, 11) is 1.76. The summed E-state index contributed by atoms with van der Waals surface area (Å²) >= 11 is 6.02. The van der Waals surface area contributed by atoms with E-state index in [2.05, 4.69) is 0 Å². The number of hydrogen-bond acceptors (Lipinski definition) is 2. The van der Waals surface area contributed by atoms with E-state index in [0.717, 1.165) is 5.56 Å². The Hall–Kier alpha value is -0.770. The number of carbonyl (C=O) groups is 1. The maximum Gasteiger partial charge on any atom is 0.226 e. The lowest BCUT2D eigenvalue weighted by atomic mass is 10.1. The van der Waals surface area contributed by atoms with Crippen LogP contribution in [0.3, 0.4) is 0 Å². The lowest BCUT2D eigenvalue weighted by Crippen LogP contribution is -2.34. The SMILES string of the molecule is CC(CN)C(=O)N(C)Cc1ccccc1Cl.Cl. The predicted molar refractivity (Wildman–Crippen MR) is 73.4 cm³/mol. The van der Waals surface area contributed by atoms with Crippen molar-refractivity contribution in [3.63, 3.8) is 0 Å². The molecule has 0 saturated carbocycles. The van der Waals surface area contributed by atoms with Crippen LogP contribution >= 0.6 is 24.0 Å². The molecule has 0 aliphatic heterocycles. The maximum absolute atomic E-state index is 11.8. The molecule has 0 fully saturated rings. The molecule has 3 nitrogen and oxygen atoms in total. The van der Waals surface area contributed by atoms with E-state index in [4.69, 9.17) is 17.3 Å². The van der Waals surface area contributed by atoms with Gasteiger partial charge in [-0.15, -0.1) is 12.4 Å². The molecule has 5 heteroatoms. The largest absolute Gasteiger partial charge is 0.341 e. The molecule has 0 heterocycles. The van der Waals surface area contributed by atoms with Crippen molar-refractivity contribution in [2.45, 2.75) is 13.5 Å². The van der Waals surface area contributed by atoms with Gasteiger partial charge in [-0.05, 0) is 11.6 Å². The molecule has 96 valence electrons. The summed E-state index contributed by atoms with van der Waals surface area (Å²) < 4.78 is 0. The molecule has 1 aromatic rings. The van der Waals surface area contributed by atoms with E-state index in [1.807, 2.05) is 31.2 Å². The van der Waals surface area contributed by atoms with Gasteiger partial charge in [-0.3, -0.25) is 4.79 Å². The second-order valence-corrected chi connectivity index (χ2v) is 4.33. The number of benzene rings is 1. The summed E-state index contributed by atoms with van der Waals surface area (Å²) in [4.78, 5) is 13.4. The molecule has 1 rings (SSSR count). The molecule has 0 aromatic heterocycles. The second-order valence-electron chi connectivity index (χ2n) is 3.92. The van der Waals surface area contributed by atoms with E-state index in [1.54, 1.807) is 11.9 Å². The van der Waals surface area contributed by atoms with Crippen molar-refractivity contribution in [3.8, 4) is 0 Å². The van der Waals surface area contributed by atoms with Gasteiger partial charge in [0.05, 0.1) is 0 Å². The summed E-state index contributed by atoms with van der Waals surface area (Å²) in [5.41, 5.74) is 6.41. The summed E-state index contributed by atoms with van der Waals surface area (Å²) in [5.74, 6) is -0.102. The van der Waals surface area contributed by atoms with E-state index in [1.165, 1.54) is 0 Å². The molecule has 1 unspecified atom stereocenters. The van der Waals surface area contributed by atoms with Crippen LogP contribution in [0.1, 0.15) is 12.5 Å². The molecule has 0 bridgehead atoms. The molecule has 0 aliphatic carbocycles. The van der Waals surface area contributed by atoms with Gasteiger partial charge in [-0.25, -0.2) is 0 Å². The Morgan fingerprint density at radius 2 is 2.06 bits per heavy atom. The van der Waals surface area contributed by atoms with Crippen LogP contribution in [0.5, 0.6) is 0 Å². The zero-order chi connectivity index (χ0) is 12.1. The first kappa shape index (κ1) is 16.2. The minimum absolute atomic E-state index is 0. The Bertz CT molecular complexity index is 371. The van der Waals surface area contributed by atoms with E-state index in [9.17, 15) is 4.79 Å². The fraction of sp³-hybridized carbons (Fsp3) is 0.417. The topological polar surface area (TPSA) is 46.3 Å². The molecule has 0 radical (unpaired) electrons. The Morgan fingerprint density at radius 1 is 1.47 bits per heavy atom. The molecule has 1 aromatic carbocycles. The van der Waals surface area contributed by atoms with Gasteiger partial charge in [-0.1, -0.05) is 36.7 Å². The van der Waals surface area contributed by atoms with Crippen LogP contribution in [0.25, 0.3) is 0 Å². The Morgan fingerprint density at radius 3 is 2.59 bits per heavy atom. The standard InChI is InChI=1S/C12H17ClN2O.ClH/c1-9(7-14)12(16)15(2)8-10-5-3-4-6-11(10)13;/h3-6,9H,7-8,14H2,1-2H3;1H. The first-order chi connectivity index (χ1) is 7.56. The highest BCUT2D eigenvalue weighted by Gasteiger charge is 2.16. The third-order valence-corrected chi connectivity index (χ3v) is 2.89. The van der Waals surface area contributed by atoms with Gasteiger partial charge in [0.25, 0.3) is 0 Å². The normalized spacial score (nSPS) is 11.5. The summed E-state index contributed by atoms with van der Waals surface area (Å²) in [6.07, 6.45) is 0. The maximum atomic E-state index is 11.8. The highest BCUT2D eigenvalue weighted by atomic mass is 35.5.